The first-order chi connectivity index (χ1) is 10.7. The van der Waals surface area contributed by atoms with Crippen LogP contribution < -0.4 is 5.32 Å². The fourth-order valence-corrected chi connectivity index (χ4v) is 7.98. The van der Waals surface area contributed by atoms with Crippen LogP contribution in [0.1, 0.15) is 32.3 Å². The lowest BCUT2D eigenvalue weighted by molar-refractivity contribution is 0.0805. The molecule has 1 aromatic rings. The minimum absolute atomic E-state index is 0.269. The second-order valence-electron chi connectivity index (χ2n) is 8.50. The van der Waals surface area contributed by atoms with E-state index in [0.717, 1.165) is 12.5 Å². The Balaban J connectivity index is 1.74. The molecule has 1 saturated heterocycles. The monoisotopic (exact) mass is 292 g/mol. The maximum absolute atomic E-state index is 4.11. The molecule has 6 rings (SSSR count). The molecule has 2 bridgehead atoms. The molecule has 3 fully saturated rings. The molecule has 22 heavy (non-hydrogen) atoms. The lowest BCUT2D eigenvalue weighted by Crippen LogP contribution is -2.60. The van der Waals surface area contributed by atoms with Gasteiger partial charge in [0.25, 0.3) is 0 Å². The van der Waals surface area contributed by atoms with Crippen LogP contribution in [0.4, 0.5) is 5.69 Å². The quantitative estimate of drug-likeness (QED) is 0.737. The number of fused-ring (bicyclic) bond motifs is 1. The van der Waals surface area contributed by atoms with Gasteiger partial charge in [-0.2, -0.15) is 0 Å². The molecule has 1 unspecified atom stereocenters. The molecule has 114 valence electrons. The van der Waals surface area contributed by atoms with Crippen LogP contribution in [0, 0.1) is 17.3 Å². The Morgan fingerprint density at radius 1 is 1.23 bits per heavy atom. The molecule has 1 aromatic carbocycles. The van der Waals surface area contributed by atoms with Crippen molar-refractivity contribution in [1.82, 2.24) is 4.90 Å². The fraction of sp³-hybridized carbons (Fsp3) is 0.600. The number of para-hydroxylation sites is 1. The van der Waals surface area contributed by atoms with E-state index < -0.39 is 0 Å². The van der Waals surface area contributed by atoms with Crippen molar-refractivity contribution in [2.24, 2.45) is 17.3 Å². The summed E-state index contributed by atoms with van der Waals surface area (Å²) in [4.78, 5) is 2.80. The van der Waals surface area contributed by atoms with Crippen LogP contribution in [-0.4, -0.2) is 29.6 Å². The van der Waals surface area contributed by atoms with E-state index >= 15 is 0 Å². The average Bonchev–Trinajstić information content (AvgIpc) is 3.17. The molecule has 5 aliphatic rings. The molecule has 0 aromatic heterocycles. The highest BCUT2D eigenvalue weighted by molar-refractivity contribution is 5.71. The van der Waals surface area contributed by atoms with Crippen LogP contribution in [0.2, 0.25) is 0 Å². The predicted octanol–water partition coefficient (Wildman–Crippen LogP) is 3.41. The number of hydrogen-bond acceptors (Lipinski definition) is 2. The van der Waals surface area contributed by atoms with Gasteiger partial charge in [0.1, 0.15) is 0 Å². The van der Waals surface area contributed by atoms with E-state index in [1.807, 2.05) is 0 Å². The van der Waals surface area contributed by atoms with E-state index in [2.05, 4.69) is 60.5 Å². The van der Waals surface area contributed by atoms with E-state index in [0.29, 0.717) is 22.8 Å². The summed E-state index contributed by atoms with van der Waals surface area (Å²) < 4.78 is 0. The van der Waals surface area contributed by atoms with Crippen LogP contribution >= 0.6 is 0 Å². The van der Waals surface area contributed by atoms with Gasteiger partial charge in [-0.1, -0.05) is 44.2 Å². The van der Waals surface area contributed by atoms with Gasteiger partial charge < -0.3 is 5.32 Å². The Bertz CT molecular complexity index is 724. The number of rotatable bonds is 0. The Kier molecular flexibility index (Phi) is 1.83. The summed E-state index contributed by atoms with van der Waals surface area (Å²) in [6, 6.07) is 9.91. The summed E-state index contributed by atoms with van der Waals surface area (Å²) in [5, 5.41) is 4.11. The Hall–Kier alpha value is -1.28. The first kappa shape index (κ1) is 12.2. The SMILES string of the molecule is CC1[C@]23Nc4ccccc4[C@]24CCN2CC=C[C@]1(C[C@H]3C)[C@H]24. The highest BCUT2D eigenvalue weighted by Crippen LogP contribution is 2.78. The van der Waals surface area contributed by atoms with Crippen LogP contribution in [0.25, 0.3) is 0 Å². The standard InChI is InChI=1S/C20H24N2/c1-13-12-18-8-5-10-22-11-9-19(17(18)22)15-6-3-4-7-16(15)21-20(13,19)14(18)2/h3-8,13-14,17,21H,9-12H2,1-2H3/t13-,14?,17+,18-,19+,20+/m1/s1. The second-order valence-corrected chi connectivity index (χ2v) is 8.50. The first-order valence-corrected chi connectivity index (χ1v) is 8.96. The normalized spacial score (nSPS) is 53.3. The van der Waals surface area contributed by atoms with E-state index in [1.54, 1.807) is 5.56 Å². The molecular weight excluding hydrogens is 268 g/mol. The number of nitrogens with zero attached hydrogens (tertiary/aromatic N) is 1. The maximum atomic E-state index is 4.11. The number of anilines is 1. The van der Waals surface area contributed by atoms with Crippen molar-refractivity contribution in [2.45, 2.75) is 43.7 Å². The summed E-state index contributed by atoms with van der Waals surface area (Å²) >= 11 is 0. The Morgan fingerprint density at radius 3 is 3.00 bits per heavy atom. The topological polar surface area (TPSA) is 15.3 Å². The van der Waals surface area contributed by atoms with Crippen molar-refractivity contribution < 1.29 is 0 Å². The molecule has 2 nitrogen and oxygen atoms in total. The number of hydrogen-bond donors (Lipinski definition) is 1. The van der Waals surface area contributed by atoms with Gasteiger partial charge in [0.05, 0.1) is 5.54 Å². The molecule has 6 atom stereocenters. The smallest absolute Gasteiger partial charge is 0.0546 e. The van der Waals surface area contributed by atoms with Crippen molar-refractivity contribution in [3.63, 3.8) is 0 Å². The van der Waals surface area contributed by atoms with Gasteiger partial charge >= 0.3 is 0 Å². The predicted molar refractivity (Wildman–Crippen MR) is 89.0 cm³/mol. The minimum atomic E-state index is 0.269. The second kappa shape index (κ2) is 3.31. The lowest BCUT2D eigenvalue weighted by Gasteiger charge is -2.51. The van der Waals surface area contributed by atoms with Crippen LogP contribution in [0.3, 0.4) is 0 Å². The number of nitrogens with one attached hydrogen (secondary N) is 1. The summed E-state index contributed by atoms with van der Waals surface area (Å²) in [7, 11) is 0. The summed E-state index contributed by atoms with van der Waals surface area (Å²) in [5.41, 5.74) is 4.05. The molecule has 2 heteroatoms. The molecule has 1 N–H and O–H groups in total. The zero-order valence-corrected chi connectivity index (χ0v) is 13.5. The van der Waals surface area contributed by atoms with Gasteiger partial charge in [-0.05, 0) is 42.9 Å². The average molecular weight is 292 g/mol. The van der Waals surface area contributed by atoms with Gasteiger partial charge in [-0.25, -0.2) is 0 Å². The fourth-order valence-electron chi connectivity index (χ4n) is 7.98. The maximum Gasteiger partial charge on any atom is 0.0546 e. The van der Waals surface area contributed by atoms with Crippen molar-refractivity contribution in [3.05, 3.63) is 42.0 Å². The van der Waals surface area contributed by atoms with Crippen molar-refractivity contribution >= 4 is 5.69 Å². The van der Waals surface area contributed by atoms with Gasteiger partial charge in [0.15, 0.2) is 0 Å². The molecule has 0 amide bonds. The van der Waals surface area contributed by atoms with Gasteiger partial charge in [-0.15, -0.1) is 0 Å². The third-order valence-electron chi connectivity index (χ3n) is 8.32. The zero-order valence-electron chi connectivity index (χ0n) is 13.5. The highest BCUT2D eigenvalue weighted by Gasteiger charge is 2.83. The summed E-state index contributed by atoms with van der Waals surface area (Å²) in [5.74, 6) is 1.46. The van der Waals surface area contributed by atoms with Gasteiger partial charge in [-0.3, -0.25) is 4.90 Å². The first-order valence-electron chi connectivity index (χ1n) is 8.96. The van der Waals surface area contributed by atoms with E-state index in [1.165, 1.54) is 25.1 Å². The lowest BCUT2D eigenvalue weighted by atomic mass is 9.57. The highest BCUT2D eigenvalue weighted by atomic mass is 15.3. The van der Waals surface area contributed by atoms with Gasteiger partial charge in [0.2, 0.25) is 0 Å². The van der Waals surface area contributed by atoms with Crippen molar-refractivity contribution in [3.8, 4) is 0 Å². The molecule has 3 spiro atoms. The van der Waals surface area contributed by atoms with Crippen LogP contribution in [0.5, 0.6) is 0 Å². The minimum Gasteiger partial charge on any atom is -0.378 e. The van der Waals surface area contributed by atoms with E-state index in [9.17, 15) is 0 Å². The Morgan fingerprint density at radius 2 is 2.09 bits per heavy atom. The van der Waals surface area contributed by atoms with E-state index in [-0.39, 0.29) is 5.54 Å². The van der Waals surface area contributed by atoms with Crippen LogP contribution in [0.15, 0.2) is 36.4 Å². The van der Waals surface area contributed by atoms with Crippen molar-refractivity contribution in [1.29, 1.82) is 0 Å². The Labute approximate surface area is 132 Å². The molecule has 3 aliphatic heterocycles. The largest absolute Gasteiger partial charge is 0.378 e. The molecule has 2 saturated carbocycles. The molecule has 3 heterocycles. The summed E-state index contributed by atoms with van der Waals surface area (Å²) in [6.07, 6.45) is 7.78. The molecular formula is C20H24N2. The zero-order chi connectivity index (χ0) is 14.7. The molecule has 2 aliphatic carbocycles. The van der Waals surface area contributed by atoms with Crippen LogP contribution in [-0.2, 0) is 5.41 Å². The molecule has 0 radical (unpaired) electrons. The third-order valence-corrected chi connectivity index (χ3v) is 8.32. The van der Waals surface area contributed by atoms with Gasteiger partial charge in [0, 0.05) is 29.1 Å². The summed E-state index contributed by atoms with van der Waals surface area (Å²) in [6.45, 7) is 7.48. The number of benzene rings is 1. The van der Waals surface area contributed by atoms with E-state index in [4.69, 9.17) is 0 Å². The van der Waals surface area contributed by atoms with Crippen molar-refractivity contribution in [2.75, 3.05) is 18.4 Å². The third kappa shape index (κ3) is 0.880.